The van der Waals surface area contributed by atoms with Gasteiger partial charge in [0, 0.05) is 24.9 Å². The summed E-state index contributed by atoms with van der Waals surface area (Å²) in [6.07, 6.45) is 4.80. The largest absolute Gasteiger partial charge is 0.338 e. The Morgan fingerprint density at radius 3 is 2.59 bits per heavy atom. The Balaban J connectivity index is 1.59. The molecule has 1 unspecified atom stereocenters. The molecule has 1 aliphatic heterocycles. The first kappa shape index (κ1) is 19.5. The molecule has 0 saturated carbocycles. The number of rotatable bonds is 4. The van der Waals surface area contributed by atoms with E-state index in [0.717, 1.165) is 24.1 Å². The van der Waals surface area contributed by atoms with Crippen molar-refractivity contribution < 1.29 is 9.59 Å². The van der Waals surface area contributed by atoms with Crippen LogP contribution in [0.4, 0.5) is 5.69 Å². The lowest BCUT2D eigenvalue weighted by molar-refractivity contribution is -0.130. The normalized spacial score (nSPS) is 17.1. The highest BCUT2D eigenvalue weighted by molar-refractivity contribution is 6.42. The van der Waals surface area contributed by atoms with Gasteiger partial charge in [0.25, 0.3) is 0 Å². The van der Waals surface area contributed by atoms with E-state index >= 15 is 0 Å². The van der Waals surface area contributed by atoms with Gasteiger partial charge in [-0.1, -0.05) is 47.5 Å². The fraction of sp³-hybridized carbons (Fsp3) is 0.238. The van der Waals surface area contributed by atoms with Crippen molar-refractivity contribution in [3.63, 3.8) is 0 Å². The summed E-state index contributed by atoms with van der Waals surface area (Å²) in [7, 11) is 0. The Morgan fingerprint density at radius 1 is 1.07 bits per heavy atom. The number of halogens is 2. The third kappa shape index (κ3) is 5.34. The number of piperidine rings is 1. The van der Waals surface area contributed by atoms with Gasteiger partial charge in [-0.25, -0.2) is 0 Å². The topological polar surface area (TPSA) is 49.4 Å². The summed E-state index contributed by atoms with van der Waals surface area (Å²) >= 11 is 11.9. The molecular formula is C21H20Cl2N2O2. The van der Waals surface area contributed by atoms with Crippen LogP contribution in [0.1, 0.15) is 18.4 Å². The number of nitrogens with zero attached hydrogens (tertiary/aromatic N) is 1. The predicted octanol–water partition coefficient (Wildman–Crippen LogP) is 4.88. The number of likely N-dealkylation sites (tertiary alicyclic amines) is 1. The number of para-hydroxylation sites is 1. The molecule has 0 radical (unpaired) electrons. The Morgan fingerprint density at radius 2 is 1.85 bits per heavy atom. The zero-order valence-electron chi connectivity index (χ0n) is 14.7. The first-order valence-electron chi connectivity index (χ1n) is 8.81. The summed E-state index contributed by atoms with van der Waals surface area (Å²) in [5.74, 6) is -0.369. The van der Waals surface area contributed by atoms with Crippen molar-refractivity contribution in [1.29, 1.82) is 0 Å². The van der Waals surface area contributed by atoms with Gasteiger partial charge in [-0.2, -0.15) is 0 Å². The van der Waals surface area contributed by atoms with E-state index in [1.165, 1.54) is 6.08 Å². The molecule has 4 nitrogen and oxygen atoms in total. The summed E-state index contributed by atoms with van der Waals surface area (Å²) in [4.78, 5) is 26.7. The van der Waals surface area contributed by atoms with Crippen molar-refractivity contribution in [2.45, 2.75) is 12.8 Å². The molecule has 1 saturated heterocycles. The molecule has 1 atom stereocenters. The molecule has 1 aliphatic rings. The second kappa shape index (κ2) is 9.07. The van der Waals surface area contributed by atoms with Gasteiger partial charge in [-0.05, 0) is 48.7 Å². The Bertz CT molecular complexity index is 853. The third-order valence-electron chi connectivity index (χ3n) is 4.51. The van der Waals surface area contributed by atoms with Crippen molar-refractivity contribution in [2.75, 3.05) is 18.4 Å². The van der Waals surface area contributed by atoms with E-state index in [4.69, 9.17) is 23.2 Å². The number of nitrogens with one attached hydrogen (secondary N) is 1. The van der Waals surface area contributed by atoms with Crippen LogP contribution in [0.15, 0.2) is 54.6 Å². The summed E-state index contributed by atoms with van der Waals surface area (Å²) in [6, 6.07) is 14.5. The van der Waals surface area contributed by atoms with Crippen molar-refractivity contribution >= 4 is 46.8 Å². The Labute approximate surface area is 168 Å². The van der Waals surface area contributed by atoms with Crippen molar-refractivity contribution in [3.8, 4) is 0 Å². The second-order valence-corrected chi connectivity index (χ2v) is 7.30. The molecule has 3 rings (SSSR count). The van der Waals surface area contributed by atoms with Crippen molar-refractivity contribution in [3.05, 3.63) is 70.2 Å². The van der Waals surface area contributed by atoms with E-state index < -0.39 is 0 Å². The minimum absolute atomic E-state index is 0.0489. The van der Waals surface area contributed by atoms with E-state index in [1.54, 1.807) is 29.2 Å². The highest BCUT2D eigenvalue weighted by Crippen LogP contribution is 2.23. The molecule has 6 heteroatoms. The molecule has 2 aromatic carbocycles. The van der Waals surface area contributed by atoms with E-state index in [-0.39, 0.29) is 17.7 Å². The minimum atomic E-state index is -0.207. The number of hydrogen-bond donors (Lipinski definition) is 1. The highest BCUT2D eigenvalue weighted by atomic mass is 35.5. The smallest absolute Gasteiger partial charge is 0.246 e. The zero-order valence-corrected chi connectivity index (χ0v) is 16.2. The maximum atomic E-state index is 12.5. The van der Waals surface area contributed by atoms with Gasteiger partial charge in [0.05, 0.1) is 16.0 Å². The van der Waals surface area contributed by atoms with Gasteiger partial charge in [-0.3, -0.25) is 9.59 Å². The van der Waals surface area contributed by atoms with Crippen molar-refractivity contribution in [2.24, 2.45) is 5.92 Å². The molecule has 0 spiro atoms. The first-order chi connectivity index (χ1) is 13.0. The van der Waals surface area contributed by atoms with Crippen LogP contribution in [-0.4, -0.2) is 29.8 Å². The monoisotopic (exact) mass is 402 g/mol. The SMILES string of the molecule is O=C(Nc1ccccc1)C1CCCN(C(=O)/C=C/c2ccc(Cl)c(Cl)c2)C1. The van der Waals surface area contributed by atoms with Crippen molar-refractivity contribution in [1.82, 2.24) is 4.90 Å². The molecule has 0 aliphatic carbocycles. The summed E-state index contributed by atoms with van der Waals surface area (Å²) in [5.41, 5.74) is 1.57. The molecule has 2 amide bonds. The number of amides is 2. The second-order valence-electron chi connectivity index (χ2n) is 6.49. The standard InChI is InChI=1S/C21H20Cl2N2O2/c22-18-10-8-15(13-19(18)23)9-11-20(26)25-12-4-5-16(14-25)21(27)24-17-6-2-1-3-7-17/h1-3,6-11,13,16H,4-5,12,14H2,(H,24,27)/b11-9+. The molecule has 140 valence electrons. The van der Waals surface area contributed by atoms with Gasteiger partial charge in [-0.15, -0.1) is 0 Å². The molecular weight excluding hydrogens is 383 g/mol. The molecule has 27 heavy (non-hydrogen) atoms. The van der Waals surface area contributed by atoms with Crippen LogP contribution in [0.25, 0.3) is 6.08 Å². The van der Waals surface area contributed by atoms with Crippen LogP contribution in [0.5, 0.6) is 0 Å². The fourth-order valence-electron chi connectivity index (χ4n) is 3.05. The Kier molecular flexibility index (Phi) is 6.54. The lowest BCUT2D eigenvalue weighted by Crippen LogP contribution is -2.43. The number of carbonyl (C=O) groups excluding carboxylic acids is 2. The van der Waals surface area contributed by atoms with E-state index in [1.807, 2.05) is 30.3 Å². The van der Waals surface area contributed by atoms with Crippen LogP contribution in [0.2, 0.25) is 10.0 Å². The van der Waals surface area contributed by atoms with Crippen LogP contribution in [0.3, 0.4) is 0 Å². The van der Waals surface area contributed by atoms with Crippen LogP contribution in [-0.2, 0) is 9.59 Å². The molecule has 0 bridgehead atoms. The van der Waals surface area contributed by atoms with Gasteiger partial charge in [0.15, 0.2) is 0 Å². The average molecular weight is 403 g/mol. The molecule has 0 aromatic heterocycles. The summed E-state index contributed by atoms with van der Waals surface area (Å²) < 4.78 is 0. The van der Waals surface area contributed by atoms with E-state index in [2.05, 4.69) is 5.32 Å². The number of anilines is 1. The Hall–Kier alpha value is -2.30. The first-order valence-corrected chi connectivity index (χ1v) is 9.56. The van der Waals surface area contributed by atoms with Crippen LogP contribution >= 0.6 is 23.2 Å². The zero-order chi connectivity index (χ0) is 19.2. The number of carbonyl (C=O) groups is 2. The van der Waals surface area contributed by atoms with Gasteiger partial charge in [0.1, 0.15) is 0 Å². The third-order valence-corrected chi connectivity index (χ3v) is 5.25. The highest BCUT2D eigenvalue weighted by Gasteiger charge is 2.27. The van der Waals surface area contributed by atoms with Crippen LogP contribution in [0, 0.1) is 5.92 Å². The average Bonchev–Trinajstić information content (AvgIpc) is 2.69. The summed E-state index contributed by atoms with van der Waals surface area (Å²) in [6.45, 7) is 1.07. The number of hydrogen-bond acceptors (Lipinski definition) is 2. The molecule has 1 N–H and O–H groups in total. The van der Waals surface area contributed by atoms with E-state index in [9.17, 15) is 9.59 Å². The maximum Gasteiger partial charge on any atom is 0.246 e. The molecule has 2 aromatic rings. The minimum Gasteiger partial charge on any atom is -0.338 e. The van der Waals surface area contributed by atoms with Gasteiger partial charge in [0.2, 0.25) is 11.8 Å². The maximum absolute atomic E-state index is 12.5. The van der Waals surface area contributed by atoms with Crippen LogP contribution < -0.4 is 5.32 Å². The molecule has 1 heterocycles. The lowest BCUT2D eigenvalue weighted by Gasteiger charge is -2.31. The van der Waals surface area contributed by atoms with Gasteiger partial charge < -0.3 is 10.2 Å². The number of benzene rings is 2. The predicted molar refractivity (Wildman–Crippen MR) is 110 cm³/mol. The molecule has 1 fully saturated rings. The quantitative estimate of drug-likeness (QED) is 0.740. The van der Waals surface area contributed by atoms with E-state index in [0.29, 0.717) is 23.1 Å². The van der Waals surface area contributed by atoms with Gasteiger partial charge >= 0.3 is 0 Å². The summed E-state index contributed by atoms with van der Waals surface area (Å²) in [5, 5.41) is 3.84. The lowest BCUT2D eigenvalue weighted by atomic mass is 9.97. The fourth-order valence-corrected chi connectivity index (χ4v) is 3.35.